The van der Waals surface area contributed by atoms with Crippen LogP contribution in [-0.2, 0) is 9.53 Å². The summed E-state index contributed by atoms with van der Waals surface area (Å²) >= 11 is 0. The van der Waals surface area contributed by atoms with Crippen LogP contribution < -0.4 is 5.11 Å². The average Bonchev–Trinajstić information content (AvgIpc) is 2.26. The van der Waals surface area contributed by atoms with Gasteiger partial charge < -0.3 is 45.3 Å². The molecule has 0 aromatic carbocycles. The Labute approximate surface area is 108 Å². The summed E-state index contributed by atoms with van der Waals surface area (Å²) in [6.07, 6.45) is -7.55. The van der Waals surface area contributed by atoms with Crippen molar-refractivity contribution in [3.63, 3.8) is 0 Å². The highest BCUT2D eigenvalue weighted by molar-refractivity contribution is 5.73. The van der Waals surface area contributed by atoms with Gasteiger partial charge in [0.05, 0.1) is 30.8 Å². The lowest BCUT2D eigenvalue weighted by atomic mass is 9.84. The lowest BCUT2D eigenvalue weighted by Crippen LogP contribution is -2.62. The fraction of sp³-hybridized carbons (Fsp3) is 0.900. The topological polar surface area (TPSA) is 171 Å². The van der Waals surface area contributed by atoms with Crippen molar-refractivity contribution < 1.29 is 45.3 Å². The number of ether oxygens (including phenoxy) is 1. The molecule has 1 saturated heterocycles. The van der Waals surface area contributed by atoms with Crippen molar-refractivity contribution in [3.8, 4) is 0 Å². The quantitative estimate of drug-likeness (QED) is 0.271. The smallest absolute Gasteiger partial charge is 0.209 e. The highest BCUT2D eigenvalue weighted by atomic mass is 16.7. The Bertz CT molecular complexity index is 320. The number of hydrogen-bond acceptors (Lipinski definition) is 9. The SMILES string of the molecule is O=C([O-])[C@@]1(O)C[C@@H](O)[C@@H](C(O)O)C(C[C@H](O)CO)O1. The maximum atomic E-state index is 10.8. The average molecular weight is 281 g/mol. The number of hydrogen-bond donors (Lipinski definition) is 6. The maximum Gasteiger partial charge on any atom is 0.209 e. The van der Waals surface area contributed by atoms with Crippen LogP contribution in [0.3, 0.4) is 0 Å². The molecule has 0 saturated carbocycles. The van der Waals surface area contributed by atoms with Crippen LogP contribution in [0.5, 0.6) is 0 Å². The van der Waals surface area contributed by atoms with Gasteiger partial charge in [-0.1, -0.05) is 0 Å². The third-order valence-corrected chi connectivity index (χ3v) is 3.08. The number of aliphatic hydroxyl groups excluding tert-OH is 4. The molecule has 112 valence electrons. The van der Waals surface area contributed by atoms with Crippen LogP contribution in [0, 0.1) is 5.92 Å². The van der Waals surface area contributed by atoms with Gasteiger partial charge in [-0.25, -0.2) is 0 Å². The van der Waals surface area contributed by atoms with Crippen molar-refractivity contribution in [3.05, 3.63) is 0 Å². The van der Waals surface area contributed by atoms with E-state index in [-0.39, 0.29) is 0 Å². The standard InChI is InChI=1S/C10H18O9/c11-3-4(12)1-6-7(8(14)15)5(13)2-10(18,19-6)9(16)17/h4-8,11-15,18H,1-3H2,(H,16,17)/p-1/t4-,5+,6?,7+,10+/m0/s1. The molecule has 19 heavy (non-hydrogen) atoms. The minimum Gasteiger partial charge on any atom is -0.544 e. The van der Waals surface area contributed by atoms with Gasteiger partial charge in [0.2, 0.25) is 5.79 Å². The first-order chi connectivity index (χ1) is 8.71. The first kappa shape index (κ1) is 16.2. The third kappa shape index (κ3) is 3.60. The van der Waals surface area contributed by atoms with E-state index < -0.39 is 61.7 Å². The lowest BCUT2D eigenvalue weighted by molar-refractivity contribution is -0.378. The predicted molar refractivity (Wildman–Crippen MR) is 54.9 cm³/mol. The van der Waals surface area contributed by atoms with Gasteiger partial charge in [0, 0.05) is 12.8 Å². The van der Waals surface area contributed by atoms with Crippen LogP contribution in [-0.4, -0.2) is 73.6 Å². The van der Waals surface area contributed by atoms with E-state index in [1.807, 2.05) is 0 Å². The Kier molecular flexibility index (Phi) is 5.21. The van der Waals surface area contributed by atoms with E-state index in [0.29, 0.717) is 0 Å². The van der Waals surface area contributed by atoms with Gasteiger partial charge in [0.25, 0.3) is 0 Å². The summed E-state index contributed by atoms with van der Waals surface area (Å²) in [5.74, 6) is -6.10. The summed E-state index contributed by atoms with van der Waals surface area (Å²) < 4.78 is 4.79. The summed E-state index contributed by atoms with van der Waals surface area (Å²) in [6.45, 7) is -0.673. The van der Waals surface area contributed by atoms with Crippen LogP contribution in [0.25, 0.3) is 0 Å². The molecular weight excluding hydrogens is 264 g/mol. The second-order valence-electron chi connectivity index (χ2n) is 4.56. The van der Waals surface area contributed by atoms with Gasteiger partial charge in [-0.3, -0.25) is 0 Å². The van der Waals surface area contributed by atoms with Crippen molar-refractivity contribution >= 4 is 5.97 Å². The molecule has 1 unspecified atom stereocenters. The summed E-state index contributed by atoms with van der Waals surface area (Å²) in [6, 6.07) is 0. The van der Waals surface area contributed by atoms with E-state index in [4.69, 9.17) is 20.1 Å². The molecule has 0 amide bonds. The highest BCUT2D eigenvalue weighted by Gasteiger charge is 2.49. The summed E-state index contributed by atoms with van der Waals surface area (Å²) in [5.41, 5.74) is 0. The van der Waals surface area contributed by atoms with E-state index in [1.165, 1.54) is 0 Å². The van der Waals surface area contributed by atoms with E-state index in [1.54, 1.807) is 0 Å². The Hall–Kier alpha value is -0.810. The molecule has 0 aliphatic carbocycles. The number of carbonyl (C=O) groups excluding carboxylic acids is 1. The van der Waals surface area contributed by atoms with Crippen LogP contribution >= 0.6 is 0 Å². The number of carbonyl (C=O) groups is 1. The zero-order valence-corrected chi connectivity index (χ0v) is 9.92. The molecule has 0 radical (unpaired) electrons. The molecule has 9 heteroatoms. The molecule has 5 atom stereocenters. The van der Waals surface area contributed by atoms with E-state index in [0.717, 1.165) is 0 Å². The molecular formula is C10H17O9-. The number of carboxylic acids is 1. The highest BCUT2D eigenvalue weighted by Crippen LogP contribution is 2.34. The number of aliphatic hydroxyl groups is 6. The van der Waals surface area contributed by atoms with Crippen molar-refractivity contribution in [2.24, 2.45) is 5.92 Å². The maximum absolute atomic E-state index is 10.8. The van der Waals surface area contributed by atoms with Gasteiger partial charge in [-0.05, 0) is 0 Å². The van der Waals surface area contributed by atoms with Crippen molar-refractivity contribution in [2.75, 3.05) is 6.61 Å². The van der Waals surface area contributed by atoms with Crippen LogP contribution in [0.2, 0.25) is 0 Å². The lowest BCUT2D eigenvalue weighted by Gasteiger charge is -2.45. The van der Waals surface area contributed by atoms with Crippen LogP contribution in [0.1, 0.15) is 12.8 Å². The number of rotatable bonds is 5. The third-order valence-electron chi connectivity index (χ3n) is 3.08. The largest absolute Gasteiger partial charge is 0.544 e. The van der Waals surface area contributed by atoms with Crippen LogP contribution in [0.15, 0.2) is 0 Å². The summed E-state index contributed by atoms with van der Waals surface area (Å²) in [5, 5.41) is 66.3. The number of carboxylic acid groups (broad SMARTS) is 1. The molecule has 9 nitrogen and oxygen atoms in total. The fourth-order valence-electron chi connectivity index (χ4n) is 2.11. The normalized spacial score (nSPS) is 37.3. The van der Waals surface area contributed by atoms with Crippen LogP contribution in [0.4, 0.5) is 0 Å². The van der Waals surface area contributed by atoms with Crippen molar-refractivity contribution in [2.45, 2.75) is 43.2 Å². The minimum absolute atomic E-state index is 0.397. The first-order valence-corrected chi connectivity index (χ1v) is 5.66. The molecule has 1 fully saturated rings. The van der Waals surface area contributed by atoms with E-state index >= 15 is 0 Å². The molecule has 0 bridgehead atoms. The second-order valence-corrected chi connectivity index (χ2v) is 4.56. The van der Waals surface area contributed by atoms with Crippen molar-refractivity contribution in [1.82, 2.24) is 0 Å². The molecule has 1 heterocycles. The number of aliphatic carboxylic acids is 1. The molecule has 6 N–H and O–H groups in total. The minimum atomic E-state index is -2.79. The van der Waals surface area contributed by atoms with Crippen molar-refractivity contribution in [1.29, 1.82) is 0 Å². The predicted octanol–water partition coefficient (Wildman–Crippen LogP) is -4.76. The molecule has 1 aliphatic rings. The van der Waals surface area contributed by atoms with Gasteiger partial charge in [-0.2, -0.15) is 0 Å². The molecule has 1 aliphatic heterocycles. The Morgan fingerprint density at radius 1 is 1.42 bits per heavy atom. The molecule has 1 rings (SSSR count). The van der Waals surface area contributed by atoms with Gasteiger partial charge in [-0.15, -0.1) is 0 Å². The van der Waals surface area contributed by atoms with Gasteiger partial charge >= 0.3 is 0 Å². The molecule has 0 aromatic rings. The molecule has 0 aromatic heterocycles. The Morgan fingerprint density at radius 3 is 2.42 bits per heavy atom. The Morgan fingerprint density at radius 2 is 2.00 bits per heavy atom. The Balaban J connectivity index is 2.93. The second kappa shape index (κ2) is 6.09. The van der Waals surface area contributed by atoms with E-state index in [9.17, 15) is 25.2 Å². The van der Waals surface area contributed by atoms with Gasteiger partial charge in [0.15, 0.2) is 6.29 Å². The fourth-order valence-corrected chi connectivity index (χ4v) is 2.11. The first-order valence-electron chi connectivity index (χ1n) is 5.66. The zero-order chi connectivity index (χ0) is 14.8. The van der Waals surface area contributed by atoms with E-state index in [2.05, 4.69) is 0 Å². The zero-order valence-electron chi connectivity index (χ0n) is 9.92. The monoisotopic (exact) mass is 281 g/mol. The van der Waals surface area contributed by atoms with Gasteiger partial charge in [0.1, 0.15) is 5.97 Å². The summed E-state index contributed by atoms with van der Waals surface area (Å²) in [4.78, 5) is 10.8. The molecule has 0 spiro atoms. The summed E-state index contributed by atoms with van der Waals surface area (Å²) in [7, 11) is 0.